The lowest BCUT2D eigenvalue weighted by molar-refractivity contribution is 0.219. The Morgan fingerprint density at radius 1 is 1.50 bits per heavy atom. The summed E-state index contributed by atoms with van der Waals surface area (Å²) in [7, 11) is 4.19. The van der Waals surface area contributed by atoms with Crippen LogP contribution in [0.5, 0.6) is 0 Å². The third kappa shape index (κ3) is 2.15. The van der Waals surface area contributed by atoms with E-state index in [1.54, 1.807) is 0 Å². The molecule has 3 heteroatoms. The molecule has 0 unspecified atom stereocenters. The van der Waals surface area contributed by atoms with E-state index in [1.807, 2.05) is 0 Å². The van der Waals surface area contributed by atoms with Gasteiger partial charge in [0.1, 0.15) is 0 Å². The van der Waals surface area contributed by atoms with Crippen LogP contribution in [0, 0.1) is 5.41 Å². The first kappa shape index (κ1) is 8.37. The number of hydrogen-bond acceptors (Lipinski definition) is 3. The monoisotopic (exact) mass is 161 g/mol. The molecule has 1 aliphatic carbocycles. The maximum Gasteiger partial charge on any atom is 0.0679 e. The molecule has 0 N–H and O–H groups in total. The molecule has 0 aromatic carbocycles. The lowest BCUT2D eigenvalue weighted by Gasteiger charge is -2.18. The molecule has 0 aromatic heterocycles. The van der Waals surface area contributed by atoms with Gasteiger partial charge in [0.15, 0.2) is 0 Å². The van der Waals surface area contributed by atoms with Gasteiger partial charge in [-0.05, 0) is 39.8 Å². The third-order valence-electron chi connectivity index (χ3n) is 1.98. The van der Waals surface area contributed by atoms with Gasteiger partial charge in [-0.2, -0.15) is 0 Å². The predicted octanol–water partition coefficient (Wildman–Crippen LogP) is 1.19. The van der Waals surface area contributed by atoms with Gasteiger partial charge in [0.25, 0.3) is 0 Å². The second kappa shape index (κ2) is 3.11. The van der Waals surface area contributed by atoms with Crippen molar-refractivity contribution in [2.75, 3.05) is 27.2 Å². The molecular formula is C7H15NOS. The van der Waals surface area contributed by atoms with Crippen molar-refractivity contribution in [3.63, 3.8) is 0 Å². The van der Waals surface area contributed by atoms with Crippen LogP contribution in [0.15, 0.2) is 0 Å². The molecule has 0 radical (unpaired) electrons. The summed E-state index contributed by atoms with van der Waals surface area (Å²) in [5.74, 6) is 0. The molecule has 1 saturated carbocycles. The zero-order valence-electron chi connectivity index (χ0n) is 6.63. The van der Waals surface area contributed by atoms with E-state index in [-0.39, 0.29) is 0 Å². The quantitative estimate of drug-likeness (QED) is 0.491. The van der Waals surface area contributed by atoms with Gasteiger partial charge in [-0.1, -0.05) is 0 Å². The fourth-order valence-electron chi connectivity index (χ4n) is 1.33. The van der Waals surface area contributed by atoms with E-state index in [0.29, 0.717) is 5.41 Å². The average Bonchev–Trinajstić information content (AvgIpc) is 2.47. The summed E-state index contributed by atoms with van der Waals surface area (Å²) in [4.78, 5) is 2.21. The zero-order chi connectivity index (χ0) is 7.61. The molecule has 2 nitrogen and oxygen atoms in total. The van der Waals surface area contributed by atoms with Crippen LogP contribution in [-0.2, 0) is 4.18 Å². The van der Waals surface area contributed by atoms with Crippen molar-refractivity contribution in [2.45, 2.75) is 12.8 Å². The maximum absolute atomic E-state index is 4.84. The second-order valence-electron chi connectivity index (χ2n) is 3.51. The van der Waals surface area contributed by atoms with Crippen molar-refractivity contribution in [1.82, 2.24) is 4.90 Å². The van der Waals surface area contributed by atoms with E-state index in [9.17, 15) is 0 Å². The number of hydrogen-bond donors (Lipinski definition) is 1. The van der Waals surface area contributed by atoms with E-state index < -0.39 is 0 Å². The molecule has 0 atom stereocenters. The first-order valence-electron chi connectivity index (χ1n) is 3.60. The number of nitrogens with zero attached hydrogens (tertiary/aromatic N) is 1. The number of rotatable bonds is 4. The van der Waals surface area contributed by atoms with Gasteiger partial charge in [-0.25, -0.2) is 0 Å². The molecule has 1 rings (SSSR count). The molecule has 0 heterocycles. The minimum absolute atomic E-state index is 0.450. The highest BCUT2D eigenvalue weighted by Crippen LogP contribution is 2.46. The second-order valence-corrected chi connectivity index (χ2v) is 3.77. The Bertz CT molecular complexity index is 112. The Morgan fingerprint density at radius 2 is 2.10 bits per heavy atom. The van der Waals surface area contributed by atoms with Crippen LogP contribution in [0.4, 0.5) is 0 Å². The van der Waals surface area contributed by atoms with E-state index >= 15 is 0 Å². The van der Waals surface area contributed by atoms with Crippen molar-refractivity contribution in [2.24, 2.45) is 5.41 Å². The summed E-state index contributed by atoms with van der Waals surface area (Å²) in [5, 5.41) is 0. The molecule has 0 aliphatic heterocycles. The molecule has 0 bridgehead atoms. The highest BCUT2D eigenvalue weighted by atomic mass is 32.1. The van der Waals surface area contributed by atoms with Gasteiger partial charge in [0, 0.05) is 12.0 Å². The fraction of sp³-hybridized carbons (Fsp3) is 1.00. The topological polar surface area (TPSA) is 12.5 Å². The Kier molecular flexibility index (Phi) is 2.61. The molecule has 1 aliphatic rings. The van der Waals surface area contributed by atoms with Crippen LogP contribution in [-0.4, -0.2) is 32.1 Å². The van der Waals surface area contributed by atoms with Crippen molar-refractivity contribution in [1.29, 1.82) is 0 Å². The highest BCUT2D eigenvalue weighted by Gasteiger charge is 2.42. The minimum Gasteiger partial charge on any atom is -0.318 e. The van der Waals surface area contributed by atoms with E-state index in [1.165, 1.54) is 12.8 Å². The van der Waals surface area contributed by atoms with Gasteiger partial charge in [-0.3, -0.25) is 0 Å². The molecule has 0 amide bonds. The molecular weight excluding hydrogens is 146 g/mol. The van der Waals surface area contributed by atoms with Crippen LogP contribution in [0.2, 0.25) is 0 Å². The molecule has 60 valence electrons. The van der Waals surface area contributed by atoms with Crippen molar-refractivity contribution in [3.05, 3.63) is 0 Å². The van der Waals surface area contributed by atoms with Crippen LogP contribution in [0.3, 0.4) is 0 Å². The largest absolute Gasteiger partial charge is 0.318 e. The molecule has 0 aromatic rings. The molecule has 0 saturated heterocycles. The Labute approximate surface area is 68.2 Å². The van der Waals surface area contributed by atoms with Crippen LogP contribution in [0.25, 0.3) is 0 Å². The van der Waals surface area contributed by atoms with Crippen LogP contribution < -0.4 is 0 Å². The summed E-state index contributed by atoms with van der Waals surface area (Å²) in [6.07, 6.45) is 2.59. The minimum atomic E-state index is 0.450. The maximum atomic E-state index is 4.84. The van der Waals surface area contributed by atoms with Crippen molar-refractivity contribution in [3.8, 4) is 0 Å². The number of thiol groups is 1. The summed E-state index contributed by atoms with van der Waals surface area (Å²) in [6, 6.07) is 0. The summed E-state index contributed by atoms with van der Waals surface area (Å²) < 4.78 is 4.84. The smallest absolute Gasteiger partial charge is 0.0679 e. The van der Waals surface area contributed by atoms with E-state index in [4.69, 9.17) is 4.18 Å². The van der Waals surface area contributed by atoms with Crippen LogP contribution >= 0.6 is 12.9 Å². The van der Waals surface area contributed by atoms with Gasteiger partial charge in [0.05, 0.1) is 6.61 Å². The normalized spacial score (nSPS) is 21.6. The summed E-state index contributed by atoms with van der Waals surface area (Å²) in [5.41, 5.74) is 0.450. The van der Waals surface area contributed by atoms with Gasteiger partial charge >= 0.3 is 0 Å². The van der Waals surface area contributed by atoms with E-state index in [2.05, 4.69) is 31.9 Å². The SMILES string of the molecule is CN(C)CC1(COS)CC1. The molecule has 10 heavy (non-hydrogen) atoms. The zero-order valence-corrected chi connectivity index (χ0v) is 7.53. The Hall–Kier alpha value is 0.270. The van der Waals surface area contributed by atoms with Gasteiger partial charge in [-0.15, -0.1) is 0 Å². The van der Waals surface area contributed by atoms with Crippen molar-refractivity contribution >= 4 is 12.9 Å². The molecule has 1 fully saturated rings. The molecule has 0 spiro atoms. The van der Waals surface area contributed by atoms with Gasteiger partial charge in [0.2, 0.25) is 0 Å². The fourth-order valence-corrected chi connectivity index (χ4v) is 1.61. The van der Waals surface area contributed by atoms with Crippen LogP contribution in [0.1, 0.15) is 12.8 Å². The lowest BCUT2D eigenvalue weighted by Crippen LogP contribution is -2.25. The third-order valence-corrected chi connectivity index (χ3v) is 2.11. The van der Waals surface area contributed by atoms with Gasteiger partial charge < -0.3 is 9.08 Å². The first-order valence-corrected chi connectivity index (χ1v) is 3.96. The Morgan fingerprint density at radius 3 is 2.40 bits per heavy atom. The lowest BCUT2D eigenvalue weighted by atomic mass is 10.1. The summed E-state index contributed by atoms with van der Waals surface area (Å²) >= 11 is 3.76. The highest BCUT2D eigenvalue weighted by molar-refractivity contribution is 7.75. The summed E-state index contributed by atoms with van der Waals surface area (Å²) in [6.45, 7) is 1.93. The van der Waals surface area contributed by atoms with E-state index in [0.717, 1.165) is 13.2 Å². The van der Waals surface area contributed by atoms with Crippen molar-refractivity contribution < 1.29 is 4.18 Å². The standard InChI is InChI=1S/C7H15NOS/c1-8(2)5-7(3-4-7)6-9-10/h10H,3-6H2,1-2H3. The Balaban J connectivity index is 2.23. The predicted molar refractivity (Wildman–Crippen MR) is 45.2 cm³/mol. The first-order chi connectivity index (χ1) is 4.68. The average molecular weight is 161 g/mol.